The van der Waals surface area contributed by atoms with E-state index < -0.39 is 12.7 Å². The number of nitrogens with zero attached hydrogens (tertiary/aromatic N) is 2. The number of rotatable bonds is 10. The van der Waals surface area contributed by atoms with Gasteiger partial charge < -0.3 is 25.3 Å². The van der Waals surface area contributed by atoms with Gasteiger partial charge in [-0.2, -0.15) is 0 Å². The second-order valence-electron chi connectivity index (χ2n) is 8.39. The maximum absolute atomic E-state index is 13.3. The Hall–Kier alpha value is -3.75. The maximum atomic E-state index is 13.3. The number of carbonyl (C=O) groups is 2. The molecule has 8 nitrogen and oxygen atoms in total. The molecule has 1 aliphatic heterocycles. The SMILES string of the molecule is COc1cccc2c1nc([C@H](CCCCC(=N)CF)NC(=O)c1cccc3c1C(=O)NC3)n2C. The lowest BCUT2D eigenvalue weighted by atomic mass is 10.0. The van der Waals surface area contributed by atoms with E-state index in [1.807, 2.05) is 35.9 Å². The Morgan fingerprint density at radius 3 is 2.85 bits per heavy atom. The molecule has 0 bridgehead atoms. The van der Waals surface area contributed by atoms with Crippen molar-refractivity contribution in [3.8, 4) is 5.75 Å². The molecule has 0 radical (unpaired) electrons. The summed E-state index contributed by atoms with van der Waals surface area (Å²) in [6, 6.07) is 10.5. The predicted molar refractivity (Wildman–Crippen MR) is 127 cm³/mol. The first-order chi connectivity index (χ1) is 16.4. The molecular weight excluding hydrogens is 437 g/mol. The second kappa shape index (κ2) is 10.0. The van der Waals surface area contributed by atoms with Gasteiger partial charge in [0, 0.05) is 19.3 Å². The zero-order valence-corrected chi connectivity index (χ0v) is 19.3. The van der Waals surface area contributed by atoms with E-state index in [1.165, 1.54) is 0 Å². The highest BCUT2D eigenvalue weighted by Gasteiger charge is 2.28. The first-order valence-corrected chi connectivity index (χ1v) is 11.3. The molecule has 0 saturated heterocycles. The lowest BCUT2D eigenvalue weighted by Gasteiger charge is -2.19. The number of halogens is 1. The normalized spacial score (nSPS) is 13.4. The van der Waals surface area contributed by atoms with Gasteiger partial charge >= 0.3 is 0 Å². The largest absolute Gasteiger partial charge is 0.494 e. The third kappa shape index (κ3) is 4.50. The summed E-state index contributed by atoms with van der Waals surface area (Å²) < 4.78 is 20.0. The van der Waals surface area contributed by atoms with Crippen LogP contribution in [0.3, 0.4) is 0 Å². The first-order valence-electron chi connectivity index (χ1n) is 11.3. The van der Waals surface area contributed by atoms with Crippen molar-refractivity contribution in [3.63, 3.8) is 0 Å². The molecule has 2 heterocycles. The molecule has 3 aromatic rings. The molecule has 0 fully saturated rings. The van der Waals surface area contributed by atoms with Gasteiger partial charge in [0.2, 0.25) is 0 Å². The molecule has 0 unspecified atom stereocenters. The Labute approximate surface area is 197 Å². The molecule has 0 aliphatic carbocycles. The number of benzene rings is 2. The Kier molecular flexibility index (Phi) is 6.90. The number of amides is 2. The lowest BCUT2D eigenvalue weighted by Crippen LogP contribution is -2.31. The molecule has 2 amide bonds. The summed E-state index contributed by atoms with van der Waals surface area (Å²) in [5.41, 5.74) is 3.16. The fraction of sp³-hybridized carbons (Fsp3) is 0.360. The van der Waals surface area contributed by atoms with Crippen LogP contribution in [0.4, 0.5) is 4.39 Å². The number of alkyl halides is 1. The van der Waals surface area contributed by atoms with Gasteiger partial charge in [-0.25, -0.2) is 9.37 Å². The van der Waals surface area contributed by atoms with Crippen molar-refractivity contribution in [2.24, 2.45) is 7.05 Å². The van der Waals surface area contributed by atoms with Crippen LogP contribution >= 0.6 is 0 Å². The third-order valence-electron chi connectivity index (χ3n) is 6.19. The van der Waals surface area contributed by atoms with Crippen molar-refractivity contribution < 1.29 is 18.7 Å². The molecule has 1 aromatic heterocycles. The van der Waals surface area contributed by atoms with Gasteiger partial charge in [0.1, 0.15) is 23.8 Å². The number of carbonyl (C=O) groups excluding carboxylic acids is 2. The molecule has 9 heteroatoms. The lowest BCUT2D eigenvalue weighted by molar-refractivity contribution is 0.0912. The number of fused-ring (bicyclic) bond motifs is 2. The minimum atomic E-state index is -0.744. The number of hydrogen-bond donors (Lipinski definition) is 3. The molecule has 2 aromatic carbocycles. The van der Waals surface area contributed by atoms with Crippen LogP contribution in [-0.2, 0) is 13.6 Å². The molecule has 0 spiro atoms. The van der Waals surface area contributed by atoms with Crippen LogP contribution < -0.4 is 15.4 Å². The fourth-order valence-electron chi connectivity index (χ4n) is 4.41. The van der Waals surface area contributed by atoms with Crippen LogP contribution in [0.2, 0.25) is 0 Å². The highest BCUT2D eigenvalue weighted by Crippen LogP contribution is 2.30. The van der Waals surface area contributed by atoms with Crippen LogP contribution in [0.25, 0.3) is 11.0 Å². The van der Waals surface area contributed by atoms with E-state index >= 15 is 0 Å². The van der Waals surface area contributed by atoms with E-state index in [2.05, 4.69) is 10.6 Å². The quantitative estimate of drug-likeness (QED) is 0.312. The molecule has 1 atom stereocenters. The monoisotopic (exact) mass is 465 g/mol. The van der Waals surface area contributed by atoms with Gasteiger partial charge in [-0.1, -0.05) is 24.6 Å². The smallest absolute Gasteiger partial charge is 0.252 e. The second-order valence-corrected chi connectivity index (χ2v) is 8.39. The Morgan fingerprint density at radius 2 is 2.09 bits per heavy atom. The number of methoxy groups -OCH3 is 1. The van der Waals surface area contributed by atoms with Crippen molar-refractivity contribution >= 4 is 28.6 Å². The highest BCUT2D eigenvalue weighted by molar-refractivity contribution is 6.09. The fourth-order valence-corrected chi connectivity index (χ4v) is 4.41. The molecule has 178 valence electrons. The van der Waals surface area contributed by atoms with Gasteiger partial charge in [0.25, 0.3) is 11.8 Å². The van der Waals surface area contributed by atoms with Gasteiger partial charge in [-0.15, -0.1) is 0 Å². The van der Waals surface area contributed by atoms with E-state index in [1.54, 1.807) is 19.2 Å². The maximum Gasteiger partial charge on any atom is 0.252 e. The van der Waals surface area contributed by atoms with Crippen LogP contribution in [0.15, 0.2) is 36.4 Å². The van der Waals surface area contributed by atoms with E-state index in [4.69, 9.17) is 15.1 Å². The third-order valence-corrected chi connectivity index (χ3v) is 6.19. The first kappa shape index (κ1) is 23.4. The number of hydrogen-bond acceptors (Lipinski definition) is 5. The van der Waals surface area contributed by atoms with Crippen molar-refractivity contribution in [3.05, 3.63) is 58.9 Å². The average molecular weight is 466 g/mol. The Morgan fingerprint density at radius 1 is 1.29 bits per heavy atom. The molecule has 3 N–H and O–H groups in total. The summed E-state index contributed by atoms with van der Waals surface area (Å²) in [6.07, 6.45) is 2.22. The number of para-hydroxylation sites is 1. The molecule has 0 saturated carbocycles. The van der Waals surface area contributed by atoms with Gasteiger partial charge in [-0.05, 0) is 43.0 Å². The van der Waals surface area contributed by atoms with Gasteiger partial charge in [0.15, 0.2) is 0 Å². The minimum Gasteiger partial charge on any atom is -0.494 e. The van der Waals surface area contributed by atoms with E-state index in [0.29, 0.717) is 60.4 Å². The summed E-state index contributed by atoms with van der Waals surface area (Å²) in [5.74, 6) is 0.688. The Bertz CT molecular complexity index is 1250. The van der Waals surface area contributed by atoms with Crippen molar-refractivity contribution in [1.82, 2.24) is 20.2 Å². The van der Waals surface area contributed by atoms with E-state index in [9.17, 15) is 14.0 Å². The van der Waals surface area contributed by atoms with Gasteiger partial charge in [0.05, 0.1) is 29.8 Å². The number of imidazole rings is 1. The summed E-state index contributed by atoms with van der Waals surface area (Å²) >= 11 is 0. The summed E-state index contributed by atoms with van der Waals surface area (Å²) in [6.45, 7) is -0.338. The average Bonchev–Trinajstić information content (AvgIpc) is 3.40. The van der Waals surface area contributed by atoms with E-state index in [-0.39, 0.29) is 17.5 Å². The molecular formula is C25H28FN5O3. The summed E-state index contributed by atoms with van der Waals surface area (Å²) in [7, 11) is 3.47. The standard InChI is InChI=1S/C25H28FN5O3/c1-31-19-11-6-12-20(34-2)22(19)30-23(31)18(10-4-3-8-16(27)13-26)29-24(32)17-9-5-7-15-14-28-25(33)21(15)17/h5-7,9,11-12,18,27H,3-4,8,10,13-14H2,1-2H3,(H,28,33)(H,29,32)/t18-/m0/s1. The van der Waals surface area contributed by atoms with Crippen LogP contribution in [0, 0.1) is 5.41 Å². The summed E-state index contributed by atoms with van der Waals surface area (Å²) in [4.78, 5) is 30.4. The zero-order chi connectivity index (χ0) is 24.2. The molecule has 1 aliphatic rings. The molecule has 4 rings (SSSR count). The van der Waals surface area contributed by atoms with Gasteiger partial charge in [-0.3, -0.25) is 9.59 Å². The van der Waals surface area contributed by atoms with E-state index in [0.717, 1.165) is 11.1 Å². The molecule has 34 heavy (non-hydrogen) atoms. The van der Waals surface area contributed by atoms with Crippen molar-refractivity contribution in [2.75, 3.05) is 13.8 Å². The predicted octanol–water partition coefficient (Wildman–Crippen LogP) is 3.85. The topological polar surface area (TPSA) is 109 Å². The number of ether oxygens (including phenoxy) is 1. The van der Waals surface area contributed by atoms with Crippen LogP contribution in [-0.4, -0.2) is 40.9 Å². The number of unbranched alkanes of at least 4 members (excludes halogenated alkanes) is 1. The van der Waals surface area contributed by atoms with Crippen molar-refractivity contribution in [1.29, 1.82) is 5.41 Å². The minimum absolute atomic E-state index is 0.0684. The Balaban J connectivity index is 1.64. The highest BCUT2D eigenvalue weighted by atomic mass is 19.1. The zero-order valence-electron chi connectivity index (χ0n) is 19.3. The van der Waals surface area contributed by atoms with Crippen molar-refractivity contribution in [2.45, 2.75) is 38.3 Å². The van der Waals surface area contributed by atoms with Crippen LogP contribution in [0.1, 0.15) is 63.8 Å². The number of nitrogens with one attached hydrogen (secondary N) is 3. The number of aryl methyl sites for hydroxylation is 1. The summed E-state index contributed by atoms with van der Waals surface area (Å²) in [5, 5.41) is 13.4. The number of aromatic nitrogens is 2. The van der Waals surface area contributed by atoms with Crippen LogP contribution in [0.5, 0.6) is 5.75 Å².